The number of aryl methyl sites for hydroxylation is 1. The lowest BCUT2D eigenvalue weighted by Gasteiger charge is -2.20. The first-order valence-electron chi connectivity index (χ1n) is 6.87. The standard InChI is InChI=1S/C17H17ClO3/c1-11-9-13(19-2)4-5-14(11)17(18)12-3-6-15-16(10-12)21-8-7-20-15/h3-6,9-10,17H,7-8H2,1-2H3. The number of rotatable bonds is 3. The minimum Gasteiger partial charge on any atom is -0.497 e. The number of halogens is 1. The van der Waals surface area contributed by atoms with Gasteiger partial charge in [0, 0.05) is 0 Å². The van der Waals surface area contributed by atoms with Crippen molar-refractivity contribution in [2.24, 2.45) is 0 Å². The molecule has 0 amide bonds. The zero-order valence-corrected chi connectivity index (χ0v) is 12.8. The van der Waals surface area contributed by atoms with E-state index in [1.807, 2.05) is 43.3 Å². The topological polar surface area (TPSA) is 27.7 Å². The molecule has 110 valence electrons. The molecule has 0 saturated heterocycles. The summed E-state index contributed by atoms with van der Waals surface area (Å²) >= 11 is 6.64. The van der Waals surface area contributed by atoms with Crippen molar-refractivity contribution >= 4 is 11.6 Å². The van der Waals surface area contributed by atoms with E-state index in [2.05, 4.69) is 0 Å². The maximum Gasteiger partial charge on any atom is 0.161 e. The van der Waals surface area contributed by atoms with Gasteiger partial charge in [0.1, 0.15) is 19.0 Å². The van der Waals surface area contributed by atoms with Crippen LogP contribution in [0.5, 0.6) is 17.2 Å². The number of ether oxygens (including phenoxy) is 3. The Bertz CT molecular complexity index is 654. The number of fused-ring (bicyclic) bond motifs is 1. The van der Waals surface area contributed by atoms with Crippen molar-refractivity contribution in [2.75, 3.05) is 20.3 Å². The minimum absolute atomic E-state index is 0.230. The molecule has 0 aromatic heterocycles. The Morgan fingerprint density at radius 2 is 1.81 bits per heavy atom. The molecule has 4 heteroatoms. The summed E-state index contributed by atoms with van der Waals surface area (Å²) in [5, 5.41) is -0.230. The summed E-state index contributed by atoms with van der Waals surface area (Å²) in [7, 11) is 1.66. The van der Waals surface area contributed by atoms with Crippen LogP contribution in [0.1, 0.15) is 22.1 Å². The van der Waals surface area contributed by atoms with Crippen molar-refractivity contribution < 1.29 is 14.2 Å². The van der Waals surface area contributed by atoms with Crippen LogP contribution in [-0.2, 0) is 0 Å². The summed E-state index contributed by atoms with van der Waals surface area (Å²) in [6.45, 7) is 3.20. The van der Waals surface area contributed by atoms with Crippen LogP contribution in [0.4, 0.5) is 0 Å². The highest BCUT2D eigenvalue weighted by molar-refractivity contribution is 6.22. The van der Waals surface area contributed by atoms with Crippen LogP contribution in [0.3, 0.4) is 0 Å². The monoisotopic (exact) mass is 304 g/mol. The molecule has 1 unspecified atom stereocenters. The van der Waals surface area contributed by atoms with Gasteiger partial charge in [0.15, 0.2) is 11.5 Å². The van der Waals surface area contributed by atoms with Gasteiger partial charge in [0.25, 0.3) is 0 Å². The molecule has 1 aliphatic heterocycles. The van der Waals surface area contributed by atoms with Gasteiger partial charge in [-0.25, -0.2) is 0 Å². The normalized spacial score (nSPS) is 14.6. The van der Waals surface area contributed by atoms with Crippen LogP contribution in [0, 0.1) is 6.92 Å². The number of alkyl halides is 1. The van der Waals surface area contributed by atoms with Crippen LogP contribution in [0.15, 0.2) is 36.4 Å². The third kappa shape index (κ3) is 2.79. The molecule has 1 atom stereocenters. The van der Waals surface area contributed by atoms with E-state index in [-0.39, 0.29) is 5.38 Å². The Morgan fingerprint density at radius 1 is 1.05 bits per heavy atom. The van der Waals surface area contributed by atoms with Gasteiger partial charge in [0.2, 0.25) is 0 Å². The molecular weight excluding hydrogens is 288 g/mol. The van der Waals surface area contributed by atoms with E-state index < -0.39 is 0 Å². The molecule has 3 rings (SSSR count). The average Bonchev–Trinajstić information content (AvgIpc) is 2.53. The van der Waals surface area contributed by atoms with Crippen molar-refractivity contribution in [3.05, 3.63) is 53.1 Å². The van der Waals surface area contributed by atoms with Gasteiger partial charge in [-0.1, -0.05) is 12.1 Å². The molecule has 0 aliphatic carbocycles. The molecule has 0 spiro atoms. The average molecular weight is 305 g/mol. The zero-order chi connectivity index (χ0) is 14.8. The van der Waals surface area contributed by atoms with Crippen molar-refractivity contribution in [3.63, 3.8) is 0 Å². The predicted molar refractivity (Wildman–Crippen MR) is 82.9 cm³/mol. The van der Waals surface area contributed by atoms with Gasteiger partial charge in [-0.05, 0) is 47.9 Å². The predicted octanol–water partition coefficient (Wildman–Crippen LogP) is 4.10. The Hall–Kier alpha value is -1.87. The third-order valence-corrected chi connectivity index (χ3v) is 4.10. The Balaban J connectivity index is 1.93. The highest BCUT2D eigenvalue weighted by Gasteiger charge is 2.18. The molecule has 1 heterocycles. The maximum absolute atomic E-state index is 6.64. The van der Waals surface area contributed by atoms with E-state index in [0.29, 0.717) is 13.2 Å². The first-order chi connectivity index (χ1) is 10.2. The smallest absolute Gasteiger partial charge is 0.161 e. The van der Waals surface area contributed by atoms with Crippen LogP contribution in [-0.4, -0.2) is 20.3 Å². The van der Waals surface area contributed by atoms with Gasteiger partial charge >= 0.3 is 0 Å². The van der Waals surface area contributed by atoms with E-state index in [4.69, 9.17) is 25.8 Å². The first kappa shape index (κ1) is 14.1. The van der Waals surface area contributed by atoms with E-state index in [9.17, 15) is 0 Å². The number of hydrogen-bond donors (Lipinski definition) is 0. The van der Waals surface area contributed by atoms with Gasteiger partial charge in [-0.2, -0.15) is 0 Å². The lowest BCUT2D eigenvalue weighted by atomic mass is 9.99. The summed E-state index contributed by atoms with van der Waals surface area (Å²) in [6.07, 6.45) is 0. The molecule has 2 aromatic rings. The first-order valence-corrected chi connectivity index (χ1v) is 7.31. The SMILES string of the molecule is COc1ccc(C(Cl)c2ccc3c(c2)OCCO3)c(C)c1. The summed E-state index contributed by atoms with van der Waals surface area (Å²) in [6, 6.07) is 11.8. The second kappa shape index (κ2) is 5.86. The van der Waals surface area contributed by atoms with Gasteiger partial charge in [-0.15, -0.1) is 11.6 Å². The zero-order valence-electron chi connectivity index (χ0n) is 12.1. The second-order valence-electron chi connectivity index (χ2n) is 4.99. The Morgan fingerprint density at radius 3 is 2.52 bits per heavy atom. The highest BCUT2D eigenvalue weighted by atomic mass is 35.5. The van der Waals surface area contributed by atoms with E-state index in [0.717, 1.165) is 33.9 Å². The van der Waals surface area contributed by atoms with Crippen LogP contribution < -0.4 is 14.2 Å². The summed E-state index contributed by atoms with van der Waals surface area (Å²) in [4.78, 5) is 0. The van der Waals surface area contributed by atoms with Gasteiger partial charge in [0.05, 0.1) is 12.5 Å². The van der Waals surface area contributed by atoms with Gasteiger partial charge in [-0.3, -0.25) is 0 Å². The lowest BCUT2D eigenvalue weighted by Crippen LogP contribution is -2.15. The number of hydrogen-bond acceptors (Lipinski definition) is 3. The second-order valence-corrected chi connectivity index (χ2v) is 5.42. The van der Waals surface area contributed by atoms with Crippen molar-refractivity contribution in [2.45, 2.75) is 12.3 Å². The molecule has 0 N–H and O–H groups in total. The summed E-state index contributed by atoms with van der Waals surface area (Å²) in [5.74, 6) is 2.37. The number of methoxy groups -OCH3 is 1. The summed E-state index contributed by atoms with van der Waals surface area (Å²) < 4.78 is 16.4. The molecule has 0 saturated carbocycles. The molecule has 21 heavy (non-hydrogen) atoms. The highest BCUT2D eigenvalue weighted by Crippen LogP contribution is 2.38. The minimum atomic E-state index is -0.230. The van der Waals surface area contributed by atoms with E-state index in [1.165, 1.54) is 0 Å². The fraction of sp³-hybridized carbons (Fsp3) is 0.294. The summed E-state index contributed by atoms with van der Waals surface area (Å²) in [5.41, 5.74) is 3.16. The molecule has 0 radical (unpaired) electrons. The fourth-order valence-electron chi connectivity index (χ4n) is 2.46. The molecule has 0 bridgehead atoms. The maximum atomic E-state index is 6.64. The van der Waals surface area contributed by atoms with Crippen LogP contribution in [0.25, 0.3) is 0 Å². The molecular formula is C17H17ClO3. The molecule has 0 fully saturated rings. The van der Waals surface area contributed by atoms with Crippen molar-refractivity contribution in [3.8, 4) is 17.2 Å². The fourth-order valence-corrected chi connectivity index (χ4v) is 2.84. The van der Waals surface area contributed by atoms with E-state index >= 15 is 0 Å². The van der Waals surface area contributed by atoms with Crippen molar-refractivity contribution in [1.29, 1.82) is 0 Å². The largest absolute Gasteiger partial charge is 0.497 e. The molecule has 3 nitrogen and oxygen atoms in total. The molecule has 2 aromatic carbocycles. The van der Waals surface area contributed by atoms with Gasteiger partial charge < -0.3 is 14.2 Å². The Labute approximate surface area is 129 Å². The van der Waals surface area contributed by atoms with Crippen LogP contribution in [0.2, 0.25) is 0 Å². The number of benzene rings is 2. The Kier molecular flexibility index (Phi) is 3.93. The van der Waals surface area contributed by atoms with Crippen LogP contribution >= 0.6 is 11.6 Å². The van der Waals surface area contributed by atoms with Crippen molar-refractivity contribution in [1.82, 2.24) is 0 Å². The molecule has 1 aliphatic rings. The quantitative estimate of drug-likeness (QED) is 0.799. The lowest BCUT2D eigenvalue weighted by molar-refractivity contribution is 0.171. The third-order valence-electron chi connectivity index (χ3n) is 3.61. The van der Waals surface area contributed by atoms with E-state index in [1.54, 1.807) is 7.11 Å².